The number of nitrogens with zero attached hydrogens (tertiary/aromatic N) is 1. The van der Waals surface area contributed by atoms with E-state index in [9.17, 15) is 9.00 Å². The molecule has 0 aliphatic heterocycles. The van der Waals surface area contributed by atoms with Gasteiger partial charge in [0.15, 0.2) is 0 Å². The maximum atomic E-state index is 12.2. The number of aryl methyl sites for hydroxylation is 2. The molecule has 0 heterocycles. The van der Waals surface area contributed by atoms with Crippen molar-refractivity contribution < 1.29 is 9.00 Å². The summed E-state index contributed by atoms with van der Waals surface area (Å²) in [4.78, 5) is 14.4. The smallest absolute Gasteiger partial charge is 0.223 e. The van der Waals surface area contributed by atoms with E-state index in [4.69, 9.17) is 5.73 Å². The molecule has 0 spiro atoms. The van der Waals surface area contributed by atoms with Crippen LogP contribution in [0.4, 0.5) is 0 Å². The fraction of sp³-hybridized carbons (Fsp3) is 0.533. The first-order chi connectivity index (χ1) is 9.45. The largest absolute Gasteiger partial charge is 0.346 e. The molecule has 0 aliphatic rings. The van der Waals surface area contributed by atoms with Crippen molar-refractivity contribution in [3.63, 3.8) is 0 Å². The van der Waals surface area contributed by atoms with Crippen LogP contribution in [0, 0.1) is 13.8 Å². The number of hydrogen-bond donors (Lipinski definition) is 1. The van der Waals surface area contributed by atoms with Crippen LogP contribution in [-0.2, 0) is 15.6 Å². The summed E-state index contributed by atoms with van der Waals surface area (Å²) in [6, 6.07) is 5.86. The number of carbonyl (C=O) groups excluding carboxylic acids is 1. The van der Waals surface area contributed by atoms with Gasteiger partial charge in [-0.2, -0.15) is 0 Å². The van der Waals surface area contributed by atoms with Gasteiger partial charge in [0.25, 0.3) is 0 Å². The first-order valence-electron chi connectivity index (χ1n) is 6.85. The zero-order valence-corrected chi connectivity index (χ0v) is 13.3. The number of benzene rings is 1. The quantitative estimate of drug-likeness (QED) is 0.831. The normalized spacial score (nSPS) is 12.2. The van der Waals surface area contributed by atoms with E-state index in [0.717, 1.165) is 22.4 Å². The van der Waals surface area contributed by atoms with Crippen molar-refractivity contribution in [1.82, 2.24) is 4.90 Å². The van der Waals surface area contributed by atoms with Gasteiger partial charge in [-0.05, 0) is 38.4 Å². The third-order valence-electron chi connectivity index (χ3n) is 3.20. The third kappa shape index (κ3) is 5.06. The minimum atomic E-state index is -1.12. The monoisotopic (exact) mass is 296 g/mol. The summed E-state index contributed by atoms with van der Waals surface area (Å²) in [6.07, 6.45) is 1.10. The van der Waals surface area contributed by atoms with E-state index in [1.807, 2.05) is 32.0 Å². The maximum Gasteiger partial charge on any atom is 0.223 e. The number of nitrogens with two attached hydrogens (primary N) is 1. The van der Waals surface area contributed by atoms with Gasteiger partial charge in [0.2, 0.25) is 5.91 Å². The molecule has 1 aromatic carbocycles. The molecule has 1 unspecified atom stereocenters. The summed E-state index contributed by atoms with van der Waals surface area (Å²) < 4.78 is 12.2. The SMILES string of the molecule is Cc1ccc(S(=O)CCC(=O)N(C)CCCN)c(C)c1. The Morgan fingerprint density at radius 3 is 2.65 bits per heavy atom. The summed E-state index contributed by atoms with van der Waals surface area (Å²) in [5, 5.41) is 0. The lowest BCUT2D eigenvalue weighted by molar-refractivity contribution is -0.129. The van der Waals surface area contributed by atoms with Crippen molar-refractivity contribution in [3.05, 3.63) is 29.3 Å². The van der Waals surface area contributed by atoms with Crippen LogP contribution in [0.15, 0.2) is 23.1 Å². The van der Waals surface area contributed by atoms with E-state index < -0.39 is 10.8 Å². The van der Waals surface area contributed by atoms with Crippen molar-refractivity contribution >= 4 is 16.7 Å². The highest BCUT2D eigenvalue weighted by Crippen LogP contribution is 2.15. The number of amides is 1. The van der Waals surface area contributed by atoms with E-state index in [1.54, 1.807) is 11.9 Å². The van der Waals surface area contributed by atoms with E-state index in [-0.39, 0.29) is 5.91 Å². The number of rotatable bonds is 7. The fourth-order valence-electron chi connectivity index (χ4n) is 1.99. The predicted molar refractivity (Wildman–Crippen MR) is 83.1 cm³/mol. The first-order valence-corrected chi connectivity index (χ1v) is 8.17. The second kappa shape index (κ2) is 8.17. The van der Waals surface area contributed by atoms with Crippen LogP contribution in [0.1, 0.15) is 24.0 Å². The summed E-state index contributed by atoms with van der Waals surface area (Å²) >= 11 is 0. The molecule has 0 radical (unpaired) electrons. The molecule has 112 valence electrons. The highest BCUT2D eigenvalue weighted by Gasteiger charge is 2.12. The average Bonchev–Trinajstić information content (AvgIpc) is 2.41. The zero-order valence-electron chi connectivity index (χ0n) is 12.5. The molecule has 1 atom stereocenters. The number of carbonyl (C=O) groups is 1. The lowest BCUT2D eigenvalue weighted by Gasteiger charge is -2.16. The van der Waals surface area contributed by atoms with Crippen molar-refractivity contribution in [1.29, 1.82) is 0 Å². The van der Waals surface area contributed by atoms with E-state index in [2.05, 4.69) is 0 Å². The summed E-state index contributed by atoms with van der Waals surface area (Å²) in [5.74, 6) is 0.395. The van der Waals surface area contributed by atoms with Crippen molar-refractivity contribution in [2.45, 2.75) is 31.6 Å². The summed E-state index contributed by atoms with van der Waals surface area (Å²) in [5.41, 5.74) is 7.59. The fourth-order valence-corrected chi connectivity index (χ4v) is 3.21. The standard InChI is InChI=1S/C15H24N2O2S/c1-12-5-6-14(13(2)11-12)20(19)10-7-15(18)17(3)9-4-8-16/h5-6,11H,4,7-10,16H2,1-3H3. The van der Waals surface area contributed by atoms with Gasteiger partial charge < -0.3 is 10.6 Å². The number of hydrogen-bond acceptors (Lipinski definition) is 3. The molecule has 1 aromatic rings. The Balaban J connectivity index is 2.52. The molecule has 20 heavy (non-hydrogen) atoms. The minimum Gasteiger partial charge on any atom is -0.346 e. The lowest BCUT2D eigenvalue weighted by atomic mass is 10.2. The van der Waals surface area contributed by atoms with Gasteiger partial charge in [0, 0.05) is 30.7 Å². The molecular weight excluding hydrogens is 272 g/mol. The molecule has 0 saturated carbocycles. The van der Waals surface area contributed by atoms with Crippen LogP contribution in [0.3, 0.4) is 0 Å². The molecule has 0 fully saturated rings. The van der Waals surface area contributed by atoms with Gasteiger partial charge in [-0.25, -0.2) is 0 Å². The molecule has 1 rings (SSSR count). The van der Waals surface area contributed by atoms with Crippen LogP contribution in [0.2, 0.25) is 0 Å². The molecule has 1 amide bonds. The minimum absolute atomic E-state index is 0.0246. The van der Waals surface area contributed by atoms with E-state index in [0.29, 0.717) is 25.3 Å². The zero-order chi connectivity index (χ0) is 15.1. The molecule has 0 aliphatic carbocycles. The van der Waals surface area contributed by atoms with Crippen LogP contribution >= 0.6 is 0 Å². The molecule has 0 saturated heterocycles. The van der Waals surface area contributed by atoms with Gasteiger partial charge in [0.05, 0.1) is 10.8 Å². The first kappa shape index (κ1) is 16.9. The summed E-state index contributed by atoms with van der Waals surface area (Å²) in [6.45, 7) is 5.20. The molecular formula is C15H24N2O2S. The predicted octanol–water partition coefficient (Wildman–Crippen LogP) is 1.61. The topological polar surface area (TPSA) is 63.4 Å². The molecule has 0 aromatic heterocycles. The third-order valence-corrected chi connectivity index (χ3v) is 4.72. The highest BCUT2D eigenvalue weighted by molar-refractivity contribution is 7.85. The molecule has 0 bridgehead atoms. The second-order valence-corrected chi connectivity index (χ2v) is 6.57. The van der Waals surface area contributed by atoms with E-state index in [1.165, 1.54) is 0 Å². The summed E-state index contributed by atoms with van der Waals surface area (Å²) in [7, 11) is 0.644. The Morgan fingerprint density at radius 2 is 2.05 bits per heavy atom. The molecule has 5 heteroatoms. The molecule has 2 N–H and O–H groups in total. The Kier molecular flexibility index (Phi) is 6.88. The van der Waals surface area contributed by atoms with Gasteiger partial charge >= 0.3 is 0 Å². The molecule has 4 nitrogen and oxygen atoms in total. The van der Waals surface area contributed by atoms with Crippen molar-refractivity contribution in [2.24, 2.45) is 5.73 Å². The van der Waals surface area contributed by atoms with E-state index >= 15 is 0 Å². The Labute approximate surface area is 123 Å². The van der Waals surface area contributed by atoms with Crippen molar-refractivity contribution in [3.8, 4) is 0 Å². The van der Waals surface area contributed by atoms with Gasteiger partial charge in [0.1, 0.15) is 0 Å². The van der Waals surface area contributed by atoms with Crippen LogP contribution in [0.25, 0.3) is 0 Å². The van der Waals surface area contributed by atoms with Crippen LogP contribution in [-0.4, -0.2) is 40.9 Å². The highest BCUT2D eigenvalue weighted by atomic mass is 32.2. The van der Waals surface area contributed by atoms with Crippen LogP contribution in [0.5, 0.6) is 0 Å². The Morgan fingerprint density at radius 1 is 1.35 bits per heavy atom. The van der Waals surface area contributed by atoms with Gasteiger partial charge in [-0.15, -0.1) is 0 Å². The Hall–Kier alpha value is -1.20. The lowest BCUT2D eigenvalue weighted by Crippen LogP contribution is -2.29. The maximum absolute atomic E-state index is 12.2. The van der Waals surface area contributed by atoms with Crippen LogP contribution < -0.4 is 5.73 Å². The average molecular weight is 296 g/mol. The Bertz CT molecular complexity index is 489. The van der Waals surface area contributed by atoms with Gasteiger partial charge in [-0.1, -0.05) is 17.7 Å². The second-order valence-electron chi connectivity index (χ2n) is 5.03. The van der Waals surface area contributed by atoms with Gasteiger partial charge in [-0.3, -0.25) is 9.00 Å². The van der Waals surface area contributed by atoms with Crippen molar-refractivity contribution in [2.75, 3.05) is 25.9 Å².